The van der Waals surface area contributed by atoms with E-state index >= 15 is 0 Å². The first-order valence-corrected chi connectivity index (χ1v) is 6.34. The standard InChI is InChI=1S/C14H15F4N3/c1-8-6-12(10(7-11(8)15)9(2)19-3)21-5-4-13(20-21)14(16,17)18/h4-7,9,19H,1-3H3. The van der Waals surface area contributed by atoms with Gasteiger partial charge < -0.3 is 5.32 Å². The molecule has 1 N–H and O–H groups in total. The molecule has 0 fully saturated rings. The molecule has 1 aromatic carbocycles. The quantitative estimate of drug-likeness (QED) is 0.878. The summed E-state index contributed by atoms with van der Waals surface area (Å²) < 4.78 is 52.8. The topological polar surface area (TPSA) is 29.9 Å². The number of rotatable bonds is 3. The number of benzene rings is 1. The van der Waals surface area contributed by atoms with Crippen LogP contribution in [0.3, 0.4) is 0 Å². The Bertz CT molecular complexity index is 646. The van der Waals surface area contributed by atoms with E-state index in [1.807, 2.05) is 0 Å². The molecule has 7 heteroatoms. The van der Waals surface area contributed by atoms with Gasteiger partial charge in [-0.05, 0) is 50.2 Å². The average Bonchev–Trinajstić information content (AvgIpc) is 2.90. The summed E-state index contributed by atoms with van der Waals surface area (Å²) in [5.74, 6) is -0.404. The van der Waals surface area contributed by atoms with Gasteiger partial charge in [-0.2, -0.15) is 18.3 Å². The van der Waals surface area contributed by atoms with Crippen LogP contribution in [0.1, 0.15) is 29.8 Å². The Labute approximate surface area is 119 Å². The van der Waals surface area contributed by atoms with E-state index < -0.39 is 17.7 Å². The number of aryl methyl sites for hydroxylation is 1. The zero-order chi connectivity index (χ0) is 15.8. The molecule has 1 unspecified atom stereocenters. The van der Waals surface area contributed by atoms with Crippen LogP contribution in [0.15, 0.2) is 24.4 Å². The number of aromatic nitrogens is 2. The van der Waals surface area contributed by atoms with Crippen molar-refractivity contribution in [3.8, 4) is 5.69 Å². The maximum atomic E-state index is 13.7. The van der Waals surface area contributed by atoms with E-state index in [1.54, 1.807) is 20.9 Å². The Hall–Kier alpha value is -1.89. The third kappa shape index (κ3) is 3.07. The van der Waals surface area contributed by atoms with Crippen LogP contribution >= 0.6 is 0 Å². The van der Waals surface area contributed by atoms with Crippen molar-refractivity contribution in [2.24, 2.45) is 0 Å². The summed E-state index contributed by atoms with van der Waals surface area (Å²) in [6.45, 7) is 3.35. The molecule has 0 aliphatic heterocycles. The second-order valence-corrected chi connectivity index (χ2v) is 4.81. The summed E-state index contributed by atoms with van der Waals surface area (Å²) >= 11 is 0. The molecule has 0 bridgehead atoms. The van der Waals surface area contributed by atoms with Gasteiger partial charge in [0.2, 0.25) is 0 Å². The molecule has 114 valence electrons. The molecule has 2 aromatic rings. The fourth-order valence-corrected chi connectivity index (χ4v) is 1.99. The SMILES string of the molecule is CNC(C)c1cc(F)c(C)cc1-n1ccc(C(F)(F)F)n1. The largest absolute Gasteiger partial charge is 0.435 e. The van der Waals surface area contributed by atoms with Crippen LogP contribution < -0.4 is 5.32 Å². The maximum absolute atomic E-state index is 13.7. The highest BCUT2D eigenvalue weighted by atomic mass is 19.4. The molecule has 0 spiro atoms. The van der Waals surface area contributed by atoms with Gasteiger partial charge in [-0.1, -0.05) is 0 Å². The number of hydrogen-bond donors (Lipinski definition) is 1. The van der Waals surface area contributed by atoms with Gasteiger partial charge in [-0.25, -0.2) is 9.07 Å². The molecule has 3 nitrogen and oxygen atoms in total. The molecular formula is C14H15F4N3. The first-order chi connectivity index (χ1) is 9.74. The van der Waals surface area contributed by atoms with Crippen molar-refractivity contribution < 1.29 is 17.6 Å². The van der Waals surface area contributed by atoms with E-state index in [-0.39, 0.29) is 6.04 Å². The van der Waals surface area contributed by atoms with E-state index in [2.05, 4.69) is 10.4 Å². The fraction of sp³-hybridized carbons (Fsp3) is 0.357. The van der Waals surface area contributed by atoms with Crippen molar-refractivity contribution >= 4 is 0 Å². The summed E-state index contributed by atoms with van der Waals surface area (Å²) in [5, 5.41) is 6.49. The first kappa shape index (κ1) is 15.5. The molecule has 1 atom stereocenters. The van der Waals surface area contributed by atoms with Crippen LogP contribution in [-0.4, -0.2) is 16.8 Å². The molecule has 21 heavy (non-hydrogen) atoms. The third-order valence-electron chi connectivity index (χ3n) is 3.33. The van der Waals surface area contributed by atoms with Gasteiger partial charge in [-0.3, -0.25) is 0 Å². The van der Waals surface area contributed by atoms with Gasteiger partial charge in [0, 0.05) is 12.2 Å². The predicted molar refractivity (Wildman–Crippen MR) is 70.7 cm³/mol. The van der Waals surface area contributed by atoms with Crippen molar-refractivity contribution in [1.29, 1.82) is 0 Å². The van der Waals surface area contributed by atoms with Gasteiger partial charge in [0.15, 0.2) is 5.69 Å². The monoisotopic (exact) mass is 301 g/mol. The molecule has 0 saturated heterocycles. The minimum atomic E-state index is -4.50. The van der Waals surface area contributed by atoms with Crippen LogP contribution in [0.5, 0.6) is 0 Å². The fourth-order valence-electron chi connectivity index (χ4n) is 1.99. The maximum Gasteiger partial charge on any atom is 0.435 e. The van der Waals surface area contributed by atoms with E-state index in [0.29, 0.717) is 16.8 Å². The third-order valence-corrected chi connectivity index (χ3v) is 3.33. The highest BCUT2D eigenvalue weighted by Gasteiger charge is 2.33. The van der Waals surface area contributed by atoms with Crippen molar-refractivity contribution in [3.05, 3.63) is 47.0 Å². The lowest BCUT2D eigenvalue weighted by Crippen LogP contribution is -2.16. The lowest BCUT2D eigenvalue weighted by Gasteiger charge is -2.17. The van der Waals surface area contributed by atoms with E-state index in [9.17, 15) is 17.6 Å². The summed E-state index contributed by atoms with van der Waals surface area (Å²) in [6, 6.07) is 3.48. The Kier molecular flexibility index (Phi) is 4.04. The smallest absolute Gasteiger partial charge is 0.313 e. The second kappa shape index (κ2) is 5.48. The van der Waals surface area contributed by atoms with E-state index in [4.69, 9.17) is 0 Å². The molecule has 0 aliphatic carbocycles. The molecule has 0 aliphatic rings. The Balaban J connectivity index is 2.57. The summed E-state index contributed by atoms with van der Waals surface area (Å²) in [7, 11) is 1.69. The minimum Gasteiger partial charge on any atom is -0.313 e. The minimum absolute atomic E-state index is 0.228. The number of alkyl halides is 3. The Morgan fingerprint density at radius 2 is 1.95 bits per heavy atom. The van der Waals surface area contributed by atoms with Crippen molar-refractivity contribution in [1.82, 2.24) is 15.1 Å². The molecule has 1 heterocycles. The van der Waals surface area contributed by atoms with Gasteiger partial charge in [0.1, 0.15) is 5.82 Å². The van der Waals surface area contributed by atoms with Crippen molar-refractivity contribution in [2.45, 2.75) is 26.1 Å². The number of halogens is 4. The van der Waals surface area contributed by atoms with E-state index in [1.165, 1.54) is 18.3 Å². The molecule has 0 saturated carbocycles. The molecule has 0 radical (unpaired) electrons. The van der Waals surface area contributed by atoms with Crippen molar-refractivity contribution in [3.63, 3.8) is 0 Å². The average molecular weight is 301 g/mol. The van der Waals surface area contributed by atoms with Crippen LogP contribution in [0.25, 0.3) is 5.69 Å². The molecule has 1 aromatic heterocycles. The second-order valence-electron chi connectivity index (χ2n) is 4.81. The predicted octanol–water partition coefficient (Wildman–Crippen LogP) is 3.62. The van der Waals surface area contributed by atoms with Gasteiger partial charge in [-0.15, -0.1) is 0 Å². The van der Waals surface area contributed by atoms with Gasteiger partial charge >= 0.3 is 6.18 Å². The lowest BCUT2D eigenvalue weighted by molar-refractivity contribution is -0.141. The summed E-state index contributed by atoms with van der Waals surface area (Å²) in [4.78, 5) is 0. The zero-order valence-corrected chi connectivity index (χ0v) is 11.8. The zero-order valence-electron chi connectivity index (χ0n) is 11.8. The number of nitrogens with zero attached hydrogens (tertiary/aromatic N) is 2. The van der Waals surface area contributed by atoms with Crippen LogP contribution in [0, 0.1) is 12.7 Å². The highest BCUT2D eigenvalue weighted by Crippen LogP contribution is 2.30. The Morgan fingerprint density at radius 1 is 1.29 bits per heavy atom. The summed E-state index contributed by atoms with van der Waals surface area (Å²) in [6.07, 6.45) is -3.28. The first-order valence-electron chi connectivity index (χ1n) is 6.34. The lowest BCUT2D eigenvalue weighted by atomic mass is 10.0. The van der Waals surface area contributed by atoms with Crippen LogP contribution in [0.4, 0.5) is 17.6 Å². The van der Waals surface area contributed by atoms with Gasteiger partial charge in [0.25, 0.3) is 0 Å². The van der Waals surface area contributed by atoms with Crippen LogP contribution in [0.2, 0.25) is 0 Å². The molecule has 0 amide bonds. The highest BCUT2D eigenvalue weighted by molar-refractivity contribution is 5.45. The number of hydrogen-bond acceptors (Lipinski definition) is 2. The number of nitrogens with one attached hydrogen (secondary N) is 1. The Morgan fingerprint density at radius 3 is 2.48 bits per heavy atom. The molecular weight excluding hydrogens is 286 g/mol. The molecule has 2 rings (SSSR count). The normalized spacial score (nSPS) is 13.5. The van der Waals surface area contributed by atoms with Gasteiger partial charge in [0.05, 0.1) is 5.69 Å². The summed E-state index contributed by atoms with van der Waals surface area (Å²) in [5.41, 5.74) is 0.331. The van der Waals surface area contributed by atoms with Crippen LogP contribution in [-0.2, 0) is 6.18 Å². The van der Waals surface area contributed by atoms with E-state index in [0.717, 1.165) is 10.7 Å². The van der Waals surface area contributed by atoms with Crippen molar-refractivity contribution in [2.75, 3.05) is 7.05 Å².